The van der Waals surface area contributed by atoms with E-state index in [2.05, 4.69) is 10.0 Å². The summed E-state index contributed by atoms with van der Waals surface area (Å²) in [4.78, 5) is 12.9. The Labute approximate surface area is 215 Å². The molecule has 4 rings (SSSR count). The van der Waals surface area contributed by atoms with E-state index < -0.39 is 32.1 Å². The summed E-state index contributed by atoms with van der Waals surface area (Å²) in [6, 6.07) is 17.1. The van der Waals surface area contributed by atoms with Gasteiger partial charge in [0.2, 0.25) is 10.0 Å². The van der Waals surface area contributed by atoms with Crippen LogP contribution in [0.25, 0.3) is 0 Å². The Balaban J connectivity index is 1.49. The molecule has 1 aliphatic rings. The Morgan fingerprint density at radius 3 is 2.44 bits per heavy atom. The van der Waals surface area contributed by atoms with Crippen molar-refractivity contribution in [2.24, 2.45) is 0 Å². The third-order valence-corrected chi connectivity index (χ3v) is 8.97. The fraction of sp³-hybridized carbons (Fsp3) is 0.208. The highest BCUT2D eigenvalue weighted by Gasteiger charge is 2.36. The van der Waals surface area contributed by atoms with Gasteiger partial charge in [-0.15, -0.1) is 0 Å². The average molecular weight is 550 g/mol. The number of carbonyl (C=O) groups is 1. The first-order valence-corrected chi connectivity index (χ1v) is 14.4. The van der Waals surface area contributed by atoms with E-state index in [-0.39, 0.29) is 22.9 Å². The van der Waals surface area contributed by atoms with E-state index >= 15 is 0 Å². The van der Waals surface area contributed by atoms with Crippen LogP contribution in [0.3, 0.4) is 0 Å². The summed E-state index contributed by atoms with van der Waals surface area (Å²) in [5.41, 5.74) is 1.77. The zero-order valence-electron chi connectivity index (χ0n) is 19.4. The van der Waals surface area contributed by atoms with E-state index in [9.17, 15) is 21.6 Å². The van der Waals surface area contributed by atoms with Crippen LogP contribution in [0.1, 0.15) is 12.5 Å². The molecule has 0 saturated carbocycles. The Kier molecular flexibility index (Phi) is 7.17. The summed E-state index contributed by atoms with van der Waals surface area (Å²) in [5, 5.41) is 3.06. The summed E-state index contributed by atoms with van der Waals surface area (Å²) >= 11 is 5.97. The second kappa shape index (κ2) is 10.00. The number of benzene rings is 3. The maximum Gasteiger partial charge on any atom is 0.267 e. The van der Waals surface area contributed by atoms with Crippen LogP contribution in [0.2, 0.25) is 5.02 Å². The number of hydrogen-bond donors (Lipinski definition) is 2. The van der Waals surface area contributed by atoms with Crippen LogP contribution >= 0.6 is 11.6 Å². The van der Waals surface area contributed by atoms with Gasteiger partial charge in [-0.05, 0) is 67.9 Å². The number of para-hydroxylation sites is 2. The number of hydrogen-bond acceptors (Lipinski definition) is 6. The molecule has 0 aromatic heterocycles. The lowest BCUT2D eigenvalue weighted by Gasteiger charge is -2.34. The molecule has 1 unspecified atom stereocenters. The van der Waals surface area contributed by atoms with E-state index in [1.54, 1.807) is 43.3 Å². The number of nitrogens with one attached hydrogen (secondary N) is 2. The van der Waals surface area contributed by atoms with Gasteiger partial charge in [0.15, 0.2) is 6.10 Å². The van der Waals surface area contributed by atoms with Gasteiger partial charge < -0.3 is 10.1 Å². The first kappa shape index (κ1) is 25.8. The molecule has 1 atom stereocenters. The summed E-state index contributed by atoms with van der Waals surface area (Å²) in [7, 11) is -7.53. The number of carbonyl (C=O) groups excluding carboxylic acids is 1. The maximum atomic E-state index is 12.9. The van der Waals surface area contributed by atoms with Crippen molar-refractivity contribution in [3.05, 3.63) is 77.3 Å². The van der Waals surface area contributed by atoms with Crippen LogP contribution < -0.4 is 19.1 Å². The number of fused-ring (bicyclic) bond motifs is 1. The normalized spacial score (nSPS) is 15.5. The molecule has 0 aliphatic carbocycles. The van der Waals surface area contributed by atoms with Crippen molar-refractivity contribution in [2.75, 3.05) is 26.6 Å². The average Bonchev–Trinajstić information content (AvgIpc) is 2.85. The summed E-state index contributed by atoms with van der Waals surface area (Å²) in [6.45, 7) is 3.10. The molecule has 0 spiro atoms. The van der Waals surface area contributed by atoms with Crippen LogP contribution in [0, 0.1) is 6.92 Å². The van der Waals surface area contributed by atoms with Crippen molar-refractivity contribution in [3.63, 3.8) is 0 Å². The third-order valence-electron chi connectivity index (χ3n) is 5.60. The first-order chi connectivity index (χ1) is 17.0. The molecule has 2 N–H and O–H groups in total. The van der Waals surface area contributed by atoms with Crippen LogP contribution in [-0.2, 0) is 24.8 Å². The van der Waals surface area contributed by atoms with Gasteiger partial charge in [-0.1, -0.05) is 29.8 Å². The molecule has 1 heterocycles. The fourth-order valence-electron chi connectivity index (χ4n) is 3.61. The molecular weight excluding hydrogens is 526 g/mol. The van der Waals surface area contributed by atoms with E-state index in [0.717, 1.165) is 0 Å². The second-order valence-corrected chi connectivity index (χ2v) is 12.4. The quantitative estimate of drug-likeness (QED) is 0.459. The van der Waals surface area contributed by atoms with E-state index in [0.29, 0.717) is 27.6 Å². The van der Waals surface area contributed by atoms with Gasteiger partial charge in [0.25, 0.3) is 15.9 Å². The predicted octanol–water partition coefficient (Wildman–Crippen LogP) is 4.01. The molecule has 0 radical (unpaired) electrons. The SMILES string of the molecule is CCS(=O)(=O)N1CC(C(=O)Nc2ccc(S(=O)(=O)Nc3cc(Cl)ccc3C)cc2)Oc2ccccc21. The Morgan fingerprint density at radius 2 is 1.75 bits per heavy atom. The molecule has 0 saturated heterocycles. The van der Waals surface area contributed by atoms with Crippen molar-refractivity contribution < 1.29 is 26.4 Å². The molecule has 3 aromatic carbocycles. The minimum atomic E-state index is -3.90. The van der Waals surface area contributed by atoms with Crippen molar-refractivity contribution in [2.45, 2.75) is 24.8 Å². The Morgan fingerprint density at radius 1 is 1.06 bits per heavy atom. The second-order valence-electron chi connectivity index (χ2n) is 8.08. The maximum absolute atomic E-state index is 12.9. The smallest absolute Gasteiger partial charge is 0.267 e. The number of aryl methyl sites for hydroxylation is 1. The minimum Gasteiger partial charge on any atom is -0.476 e. The predicted molar refractivity (Wildman–Crippen MR) is 140 cm³/mol. The highest BCUT2D eigenvalue weighted by Crippen LogP contribution is 2.35. The number of halogens is 1. The van der Waals surface area contributed by atoms with E-state index in [4.69, 9.17) is 16.3 Å². The molecular formula is C24H24ClN3O6S2. The number of nitrogens with zero attached hydrogens (tertiary/aromatic N) is 1. The monoisotopic (exact) mass is 549 g/mol. The molecule has 3 aromatic rings. The molecule has 1 aliphatic heterocycles. The van der Waals surface area contributed by atoms with Crippen molar-refractivity contribution in [3.8, 4) is 5.75 Å². The zero-order chi connectivity index (χ0) is 26.1. The van der Waals surface area contributed by atoms with Crippen molar-refractivity contribution in [1.82, 2.24) is 0 Å². The first-order valence-electron chi connectivity index (χ1n) is 11.0. The topological polar surface area (TPSA) is 122 Å². The molecule has 190 valence electrons. The number of anilines is 3. The lowest BCUT2D eigenvalue weighted by Crippen LogP contribution is -2.49. The highest BCUT2D eigenvalue weighted by atomic mass is 35.5. The molecule has 12 heteroatoms. The minimum absolute atomic E-state index is 0.0112. The van der Waals surface area contributed by atoms with Crippen LogP contribution in [0.5, 0.6) is 5.75 Å². The van der Waals surface area contributed by atoms with E-state index in [1.807, 2.05) is 0 Å². The fourth-order valence-corrected chi connectivity index (χ4v) is 6.02. The third kappa shape index (κ3) is 5.43. The van der Waals surface area contributed by atoms with Crippen LogP contribution in [-0.4, -0.2) is 41.1 Å². The number of sulfonamides is 2. The number of ether oxygens (including phenoxy) is 1. The Hall–Kier alpha value is -3.28. The van der Waals surface area contributed by atoms with Crippen molar-refractivity contribution in [1.29, 1.82) is 0 Å². The largest absolute Gasteiger partial charge is 0.476 e. The lowest BCUT2D eigenvalue weighted by atomic mass is 10.2. The number of rotatable bonds is 7. The molecule has 36 heavy (non-hydrogen) atoms. The lowest BCUT2D eigenvalue weighted by molar-refractivity contribution is -0.122. The van der Waals surface area contributed by atoms with Gasteiger partial charge in [-0.2, -0.15) is 0 Å². The van der Waals surface area contributed by atoms with Gasteiger partial charge in [0.1, 0.15) is 5.75 Å². The van der Waals surface area contributed by atoms with Crippen molar-refractivity contribution >= 4 is 54.6 Å². The highest BCUT2D eigenvalue weighted by molar-refractivity contribution is 7.93. The van der Waals surface area contributed by atoms with Gasteiger partial charge in [-0.25, -0.2) is 16.8 Å². The van der Waals surface area contributed by atoms with Gasteiger partial charge in [0, 0.05) is 10.7 Å². The Bertz CT molecular complexity index is 1510. The summed E-state index contributed by atoms with van der Waals surface area (Å²) in [5.74, 6) is -0.414. The molecule has 1 amide bonds. The standard InChI is InChI=1S/C24H24ClN3O6S2/c1-3-35(30,31)28-15-23(34-22-7-5-4-6-21(22)28)24(29)26-18-10-12-19(13-11-18)36(32,33)27-20-14-17(25)9-8-16(20)2/h4-14,23,27H,3,15H2,1-2H3,(H,26,29). The molecule has 9 nitrogen and oxygen atoms in total. The molecule has 0 bridgehead atoms. The summed E-state index contributed by atoms with van der Waals surface area (Å²) < 4.78 is 60.3. The molecule has 0 fully saturated rings. The van der Waals surface area contributed by atoms with Gasteiger partial charge >= 0.3 is 0 Å². The summed E-state index contributed by atoms with van der Waals surface area (Å²) in [6.07, 6.45) is -1.10. The van der Waals surface area contributed by atoms with Gasteiger partial charge in [0.05, 0.1) is 28.6 Å². The van der Waals surface area contributed by atoms with Crippen LogP contribution in [0.15, 0.2) is 71.6 Å². The number of amides is 1. The van der Waals surface area contributed by atoms with Gasteiger partial charge in [-0.3, -0.25) is 13.8 Å². The van der Waals surface area contributed by atoms with Crippen LogP contribution in [0.4, 0.5) is 17.1 Å². The van der Waals surface area contributed by atoms with E-state index in [1.165, 1.54) is 41.6 Å². The zero-order valence-corrected chi connectivity index (χ0v) is 21.8.